The third-order valence-corrected chi connectivity index (χ3v) is 6.39. The van der Waals surface area contributed by atoms with Gasteiger partial charge in [0.1, 0.15) is 16.7 Å². The van der Waals surface area contributed by atoms with Crippen LogP contribution in [0.25, 0.3) is 27.7 Å². The molecular weight excluding hydrogens is 436 g/mol. The number of carbonyl (C=O) groups is 1. The van der Waals surface area contributed by atoms with Gasteiger partial charge in [0.25, 0.3) is 0 Å². The van der Waals surface area contributed by atoms with Gasteiger partial charge in [0.15, 0.2) is 11.6 Å². The Balaban J connectivity index is 1.60. The molecule has 5 rings (SSSR count). The second kappa shape index (κ2) is 6.85. The molecule has 0 bridgehead atoms. The number of halogens is 3. The topological polar surface area (TPSA) is 92.2 Å². The van der Waals surface area contributed by atoms with E-state index in [-0.39, 0.29) is 16.3 Å². The fraction of sp³-hybridized carbons (Fsp3) is 0.211. The molecule has 4 aromatic rings. The van der Waals surface area contributed by atoms with Gasteiger partial charge in [-0.25, -0.2) is 13.8 Å². The maximum absolute atomic E-state index is 14.9. The van der Waals surface area contributed by atoms with Crippen molar-refractivity contribution in [2.45, 2.75) is 17.5 Å². The SMILES string of the molecule is CS(=O)c1c(F)c(Cl)c(-c2ccc3nc(NC(=O)[C@@H]4C[C@@H]4F)cn3c2)c2cn[nH]c12. The number of imidazole rings is 1. The number of anilines is 1. The molecule has 154 valence electrons. The number of rotatable bonds is 4. The Kier molecular flexibility index (Phi) is 4.37. The van der Waals surface area contributed by atoms with Gasteiger partial charge in [-0.1, -0.05) is 11.6 Å². The first-order valence-electron chi connectivity index (χ1n) is 8.96. The predicted octanol–water partition coefficient (Wildman–Crippen LogP) is 3.70. The van der Waals surface area contributed by atoms with Crippen LogP contribution in [0.1, 0.15) is 6.42 Å². The summed E-state index contributed by atoms with van der Waals surface area (Å²) < 4.78 is 41.6. The average molecular weight is 450 g/mol. The van der Waals surface area contributed by atoms with Gasteiger partial charge in [0, 0.05) is 29.0 Å². The van der Waals surface area contributed by atoms with Crippen molar-refractivity contribution < 1.29 is 17.8 Å². The third-order valence-electron chi connectivity index (χ3n) is 5.08. The van der Waals surface area contributed by atoms with Crippen LogP contribution in [-0.4, -0.2) is 42.1 Å². The van der Waals surface area contributed by atoms with E-state index in [0.717, 1.165) is 0 Å². The second-order valence-electron chi connectivity index (χ2n) is 7.10. The maximum Gasteiger partial charge on any atom is 0.231 e. The maximum atomic E-state index is 14.9. The zero-order chi connectivity index (χ0) is 21.2. The molecule has 1 unspecified atom stereocenters. The fourth-order valence-corrected chi connectivity index (χ4v) is 4.65. The van der Waals surface area contributed by atoms with Crippen molar-refractivity contribution in [3.63, 3.8) is 0 Å². The van der Waals surface area contributed by atoms with Gasteiger partial charge in [-0.15, -0.1) is 0 Å². The number of amides is 1. The number of alkyl halides is 1. The lowest BCUT2D eigenvalue weighted by atomic mass is 10.0. The summed E-state index contributed by atoms with van der Waals surface area (Å²) in [7, 11) is -1.61. The summed E-state index contributed by atoms with van der Waals surface area (Å²) in [6.45, 7) is 0. The van der Waals surface area contributed by atoms with E-state index >= 15 is 0 Å². The number of aromatic amines is 1. The lowest BCUT2D eigenvalue weighted by Gasteiger charge is -2.11. The van der Waals surface area contributed by atoms with Crippen molar-refractivity contribution >= 4 is 50.7 Å². The molecule has 7 nitrogen and oxygen atoms in total. The van der Waals surface area contributed by atoms with Crippen molar-refractivity contribution in [3.05, 3.63) is 41.6 Å². The Hall–Kier alpha value is -2.85. The molecule has 0 spiro atoms. The number of aromatic nitrogens is 4. The molecule has 30 heavy (non-hydrogen) atoms. The average Bonchev–Trinajstić information content (AvgIpc) is 3.08. The Labute approximate surface area is 175 Å². The second-order valence-corrected chi connectivity index (χ2v) is 8.80. The molecule has 0 radical (unpaired) electrons. The summed E-state index contributed by atoms with van der Waals surface area (Å²) in [4.78, 5) is 16.2. The Morgan fingerprint density at radius 1 is 1.40 bits per heavy atom. The van der Waals surface area contributed by atoms with Crippen molar-refractivity contribution in [2.24, 2.45) is 5.92 Å². The van der Waals surface area contributed by atoms with Gasteiger partial charge in [-0.05, 0) is 18.6 Å². The predicted molar refractivity (Wildman–Crippen MR) is 109 cm³/mol. The highest BCUT2D eigenvalue weighted by Crippen LogP contribution is 2.40. The molecular formula is C19H14ClF2N5O2S. The van der Waals surface area contributed by atoms with Crippen LogP contribution < -0.4 is 5.32 Å². The molecule has 2 N–H and O–H groups in total. The lowest BCUT2D eigenvalue weighted by Crippen LogP contribution is -2.15. The van der Waals surface area contributed by atoms with E-state index in [0.29, 0.717) is 33.5 Å². The van der Waals surface area contributed by atoms with E-state index < -0.39 is 34.6 Å². The minimum absolute atomic E-state index is 0.0313. The number of nitrogens with zero attached hydrogens (tertiary/aromatic N) is 3. The molecule has 3 aromatic heterocycles. The van der Waals surface area contributed by atoms with Crippen LogP contribution in [0.2, 0.25) is 5.02 Å². The smallest absolute Gasteiger partial charge is 0.231 e. The first-order chi connectivity index (χ1) is 14.3. The zero-order valence-corrected chi connectivity index (χ0v) is 17.0. The third kappa shape index (κ3) is 2.98. The van der Waals surface area contributed by atoms with Crippen molar-refractivity contribution in [3.8, 4) is 11.1 Å². The highest BCUT2D eigenvalue weighted by molar-refractivity contribution is 7.84. The van der Waals surface area contributed by atoms with Crippen LogP contribution in [0.15, 0.2) is 35.6 Å². The van der Waals surface area contributed by atoms with E-state index in [1.165, 1.54) is 12.5 Å². The number of pyridine rings is 1. The first-order valence-corrected chi connectivity index (χ1v) is 10.9. The largest absolute Gasteiger partial charge is 0.309 e. The summed E-state index contributed by atoms with van der Waals surface area (Å²) in [5.74, 6) is -1.50. The molecule has 0 saturated heterocycles. The van der Waals surface area contributed by atoms with Crippen molar-refractivity contribution in [1.29, 1.82) is 0 Å². The van der Waals surface area contributed by atoms with Crippen LogP contribution in [0.3, 0.4) is 0 Å². The van der Waals surface area contributed by atoms with Crippen LogP contribution in [0, 0.1) is 11.7 Å². The normalized spacial score (nSPS) is 19.3. The van der Waals surface area contributed by atoms with Crippen molar-refractivity contribution in [1.82, 2.24) is 19.6 Å². The monoisotopic (exact) mass is 449 g/mol. The number of hydrogen-bond acceptors (Lipinski definition) is 4. The number of benzene rings is 1. The number of fused-ring (bicyclic) bond motifs is 2. The molecule has 1 amide bonds. The highest BCUT2D eigenvalue weighted by atomic mass is 35.5. The minimum Gasteiger partial charge on any atom is -0.309 e. The Morgan fingerprint density at radius 2 is 2.17 bits per heavy atom. The lowest BCUT2D eigenvalue weighted by molar-refractivity contribution is -0.117. The molecule has 1 aliphatic rings. The highest BCUT2D eigenvalue weighted by Gasteiger charge is 2.43. The van der Waals surface area contributed by atoms with Crippen molar-refractivity contribution in [2.75, 3.05) is 11.6 Å². The quantitative estimate of drug-likeness (QED) is 0.497. The van der Waals surface area contributed by atoms with Gasteiger partial charge in [0.05, 0.1) is 39.7 Å². The van der Waals surface area contributed by atoms with Gasteiger partial charge in [0.2, 0.25) is 5.91 Å². The molecule has 1 saturated carbocycles. The van der Waals surface area contributed by atoms with E-state index in [2.05, 4.69) is 20.5 Å². The summed E-state index contributed by atoms with van der Waals surface area (Å²) in [5, 5.41) is 9.62. The number of H-pyrrole nitrogens is 1. The summed E-state index contributed by atoms with van der Waals surface area (Å²) in [5.41, 5.74) is 1.82. The van der Waals surface area contributed by atoms with Crippen LogP contribution in [-0.2, 0) is 15.6 Å². The number of hydrogen-bond donors (Lipinski definition) is 2. The van der Waals surface area contributed by atoms with E-state index in [1.54, 1.807) is 28.9 Å². The summed E-state index contributed by atoms with van der Waals surface area (Å²) in [6, 6.07) is 3.40. The number of carbonyl (C=O) groups excluding carboxylic acids is 1. The Bertz CT molecular complexity index is 1370. The van der Waals surface area contributed by atoms with Gasteiger partial charge >= 0.3 is 0 Å². The van der Waals surface area contributed by atoms with Crippen LogP contribution in [0.4, 0.5) is 14.6 Å². The summed E-state index contributed by atoms with van der Waals surface area (Å²) in [6.07, 6.45) is 5.27. The Morgan fingerprint density at radius 3 is 2.87 bits per heavy atom. The molecule has 3 heterocycles. The first kappa shape index (κ1) is 19.1. The molecule has 3 atom stereocenters. The minimum atomic E-state index is -1.61. The van der Waals surface area contributed by atoms with E-state index in [4.69, 9.17) is 11.6 Å². The fourth-order valence-electron chi connectivity index (χ4n) is 3.49. The molecule has 11 heteroatoms. The molecule has 1 fully saturated rings. The summed E-state index contributed by atoms with van der Waals surface area (Å²) >= 11 is 6.33. The van der Waals surface area contributed by atoms with E-state index in [9.17, 15) is 17.8 Å². The van der Waals surface area contributed by atoms with Crippen LogP contribution >= 0.6 is 11.6 Å². The van der Waals surface area contributed by atoms with Crippen LogP contribution in [0.5, 0.6) is 0 Å². The van der Waals surface area contributed by atoms with Gasteiger partial charge in [-0.3, -0.25) is 14.1 Å². The molecule has 1 aromatic carbocycles. The molecule has 0 aliphatic heterocycles. The number of nitrogens with one attached hydrogen (secondary N) is 2. The van der Waals surface area contributed by atoms with Gasteiger partial charge in [-0.2, -0.15) is 5.10 Å². The zero-order valence-electron chi connectivity index (χ0n) is 15.4. The van der Waals surface area contributed by atoms with E-state index in [1.807, 2.05) is 0 Å². The standard InChI is InChI=1S/C19H14ClF2N5O2S/c1-30(29)18-16(22)15(20)14(10-5-23-26-17(10)18)8-2-3-13-24-12(7-27(13)6-8)25-19(28)9-4-11(9)21/h2-3,5-7,9,11H,4H2,1H3,(H,23,26)(H,25,28)/t9-,11+,30?/m1/s1. The molecule has 1 aliphatic carbocycles. The van der Waals surface area contributed by atoms with Gasteiger partial charge < -0.3 is 9.72 Å².